The summed E-state index contributed by atoms with van der Waals surface area (Å²) in [6.45, 7) is 3.97. The van der Waals surface area contributed by atoms with Crippen LogP contribution in [0.3, 0.4) is 0 Å². The molecule has 0 radical (unpaired) electrons. The third-order valence-corrected chi connectivity index (χ3v) is 4.63. The lowest BCUT2D eigenvalue weighted by atomic mass is 10.1. The van der Waals surface area contributed by atoms with Gasteiger partial charge in [-0.05, 0) is 62.2 Å². The molecule has 1 heterocycles. The van der Waals surface area contributed by atoms with Crippen LogP contribution in [0.1, 0.15) is 30.1 Å². The second kappa shape index (κ2) is 7.66. The maximum Gasteiger partial charge on any atom is 0.258 e. The van der Waals surface area contributed by atoms with Gasteiger partial charge in [-0.25, -0.2) is 4.39 Å². The summed E-state index contributed by atoms with van der Waals surface area (Å²) in [5, 5.41) is 9.60. The van der Waals surface area contributed by atoms with Gasteiger partial charge in [-0.2, -0.15) is 0 Å². The van der Waals surface area contributed by atoms with Crippen LogP contribution < -0.4 is 9.80 Å². The van der Waals surface area contributed by atoms with Crippen LogP contribution in [0.15, 0.2) is 48.5 Å². The largest absolute Gasteiger partial charge is 0.393 e. The minimum atomic E-state index is -0.355. The number of halogens is 1. The smallest absolute Gasteiger partial charge is 0.258 e. The van der Waals surface area contributed by atoms with Gasteiger partial charge in [-0.1, -0.05) is 6.07 Å². The van der Waals surface area contributed by atoms with Gasteiger partial charge in [0.05, 0.1) is 6.10 Å². The van der Waals surface area contributed by atoms with Crippen molar-refractivity contribution in [2.24, 2.45) is 0 Å². The van der Waals surface area contributed by atoms with Gasteiger partial charge in [0.2, 0.25) is 0 Å². The van der Waals surface area contributed by atoms with Gasteiger partial charge in [0.15, 0.2) is 0 Å². The number of aliphatic hydroxyl groups is 1. The molecule has 5 heteroatoms. The molecule has 0 aromatic heterocycles. The van der Waals surface area contributed by atoms with Crippen LogP contribution in [-0.2, 0) is 0 Å². The van der Waals surface area contributed by atoms with Gasteiger partial charge in [-0.15, -0.1) is 0 Å². The highest BCUT2D eigenvalue weighted by atomic mass is 19.1. The van der Waals surface area contributed by atoms with Crippen molar-refractivity contribution >= 4 is 17.3 Å². The molecule has 1 amide bonds. The number of rotatable bonds is 4. The highest BCUT2D eigenvalue weighted by molar-refractivity contribution is 6.06. The highest BCUT2D eigenvalue weighted by Crippen LogP contribution is 2.23. The number of nitrogens with zero attached hydrogens (tertiary/aromatic N) is 2. The number of carbonyl (C=O) groups is 1. The summed E-state index contributed by atoms with van der Waals surface area (Å²) < 4.78 is 13.5. The Morgan fingerprint density at radius 2 is 1.88 bits per heavy atom. The number of amides is 1. The number of piperidine rings is 1. The van der Waals surface area contributed by atoms with Crippen molar-refractivity contribution in [3.05, 3.63) is 59.9 Å². The third-order valence-electron chi connectivity index (χ3n) is 4.63. The topological polar surface area (TPSA) is 43.8 Å². The zero-order chi connectivity index (χ0) is 17.8. The average molecular weight is 342 g/mol. The molecule has 1 aliphatic rings. The molecule has 0 bridgehead atoms. The SMILES string of the molecule is CCN(C(=O)c1ccc(N2CCC(O)CC2)cc1)c1cccc(F)c1. The second-order valence-corrected chi connectivity index (χ2v) is 6.29. The maximum atomic E-state index is 13.5. The second-order valence-electron chi connectivity index (χ2n) is 6.29. The van der Waals surface area contributed by atoms with Crippen LogP contribution in [0, 0.1) is 5.82 Å². The average Bonchev–Trinajstić information content (AvgIpc) is 2.63. The molecule has 0 spiro atoms. The lowest BCUT2D eigenvalue weighted by molar-refractivity contribution is 0.0988. The van der Waals surface area contributed by atoms with Crippen molar-refractivity contribution in [3.8, 4) is 0 Å². The van der Waals surface area contributed by atoms with Gasteiger partial charge in [0.1, 0.15) is 5.82 Å². The van der Waals surface area contributed by atoms with Crippen molar-refractivity contribution in [1.29, 1.82) is 0 Å². The number of carbonyl (C=O) groups excluding carboxylic acids is 1. The molecule has 0 unspecified atom stereocenters. The molecular formula is C20H23FN2O2. The van der Waals surface area contributed by atoms with Crippen molar-refractivity contribution in [1.82, 2.24) is 0 Å². The normalized spacial score (nSPS) is 15.2. The van der Waals surface area contributed by atoms with Gasteiger partial charge < -0.3 is 14.9 Å². The molecule has 1 saturated heterocycles. The highest BCUT2D eigenvalue weighted by Gasteiger charge is 2.19. The maximum absolute atomic E-state index is 13.5. The van der Waals surface area contributed by atoms with Crippen molar-refractivity contribution in [2.75, 3.05) is 29.4 Å². The van der Waals surface area contributed by atoms with E-state index in [0.29, 0.717) is 17.8 Å². The van der Waals surface area contributed by atoms with E-state index in [1.807, 2.05) is 31.2 Å². The van der Waals surface area contributed by atoms with Crippen LogP contribution in [-0.4, -0.2) is 36.8 Å². The van der Waals surface area contributed by atoms with E-state index in [9.17, 15) is 14.3 Å². The first kappa shape index (κ1) is 17.4. The van der Waals surface area contributed by atoms with Gasteiger partial charge in [0.25, 0.3) is 5.91 Å². The van der Waals surface area contributed by atoms with E-state index in [1.54, 1.807) is 17.0 Å². The molecular weight excluding hydrogens is 319 g/mol. The molecule has 1 fully saturated rings. The van der Waals surface area contributed by atoms with E-state index in [2.05, 4.69) is 4.90 Å². The molecule has 1 N–H and O–H groups in total. The summed E-state index contributed by atoms with van der Waals surface area (Å²) in [4.78, 5) is 16.6. The summed E-state index contributed by atoms with van der Waals surface area (Å²) in [7, 11) is 0. The Kier molecular flexibility index (Phi) is 5.34. The fraction of sp³-hybridized carbons (Fsp3) is 0.350. The minimum Gasteiger partial charge on any atom is -0.393 e. The predicted octanol–water partition coefficient (Wildman–Crippen LogP) is 3.45. The molecule has 2 aromatic rings. The van der Waals surface area contributed by atoms with Crippen LogP contribution in [0.2, 0.25) is 0 Å². The number of hydrogen-bond acceptors (Lipinski definition) is 3. The molecule has 4 nitrogen and oxygen atoms in total. The van der Waals surface area contributed by atoms with Crippen molar-refractivity contribution in [2.45, 2.75) is 25.9 Å². The van der Waals surface area contributed by atoms with Gasteiger partial charge in [0, 0.05) is 36.6 Å². The van der Waals surface area contributed by atoms with E-state index < -0.39 is 0 Å². The number of hydrogen-bond donors (Lipinski definition) is 1. The van der Waals surface area contributed by atoms with E-state index >= 15 is 0 Å². The summed E-state index contributed by atoms with van der Waals surface area (Å²) >= 11 is 0. The fourth-order valence-corrected chi connectivity index (χ4v) is 3.18. The van der Waals surface area contributed by atoms with Gasteiger partial charge >= 0.3 is 0 Å². The van der Waals surface area contributed by atoms with E-state index in [0.717, 1.165) is 31.6 Å². The Bertz CT molecular complexity index is 725. The third kappa shape index (κ3) is 3.99. The minimum absolute atomic E-state index is 0.145. The molecule has 1 aliphatic heterocycles. The van der Waals surface area contributed by atoms with Crippen LogP contribution in [0.25, 0.3) is 0 Å². The summed E-state index contributed by atoms with van der Waals surface area (Å²) in [6.07, 6.45) is 1.33. The standard InChI is InChI=1S/C20H23FN2O2/c1-2-23(18-5-3-4-16(21)14-18)20(25)15-6-8-17(9-7-15)22-12-10-19(24)11-13-22/h3-9,14,19,24H,2,10-13H2,1H3. The fourth-order valence-electron chi connectivity index (χ4n) is 3.18. The van der Waals surface area contributed by atoms with E-state index in [-0.39, 0.29) is 17.8 Å². The van der Waals surface area contributed by atoms with Crippen molar-refractivity contribution < 1.29 is 14.3 Å². The Morgan fingerprint density at radius 3 is 2.48 bits per heavy atom. The molecule has 2 aromatic carbocycles. The molecule has 3 rings (SSSR count). The predicted molar refractivity (Wildman–Crippen MR) is 97.6 cm³/mol. The summed E-state index contributed by atoms with van der Waals surface area (Å²) in [5.74, 6) is -0.500. The molecule has 25 heavy (non-hydrogen) atoms. The van der Waals surface area contributed by atoms with Crippen LogP contribution in [0.5, 0.6) is 0 Å². The van der Waals surface area contributed by atoms with E-state index in [1.165, 1.54) is 12.1 Å². The van der Waals surface area contributed by atoms with Gasteiger partial charge in [-0.3, -0.25) is 4.79 Å². The Balaban J connectivity index is 1.75. The van der Waals surface area contributed by atoms with Crippen LogP contribution in [0.4, 0.5) is 15.8 Å². The molecule has 0 aliphatic carbocycles. The number of anilines is 2. The Hall–Kier alpha value is -2.40. The molecule has 0 atom stereocenters. The Morgan fingerprint density at radius 1 is 1.20 bits per heavy atom. The first-order valence-corrected chi connectivity index (χ1v) is 8.69. The van der Waals surface area contributed by atoms with E-state index in [4.69, 9.17) is 0 Å². The molecule has 0 saturated carbocycles. The summed E-state index contributed by atoms with van der Waals surface area (Å²) in [6, 6.07) is 13.6. The lowest BCUT2D eigenvalue weighted by Crippen LogP contribution is -2.35. The number of aliphatic hydroxyl groups excluding tert-OH is 1. The molecule has 132 valence electrons. The summed E-state index contributed by atoms with van der Waals surface area (Å²) in [5.41, 5.74) is 2.19. The zero-order valence-electron chi connectivity index (χ0n) is 14.4. The first-order valence-electron chi connectivity index (χ1n) is 8.69. The lowest BCUT2D eigenvalue weighted by Gasteiger charge is -2.31. The van der Waals surface area contributed by atoms with Crippen LogP contribution >= 0.6 is 0 Å². The Labute approximate surface area is 147 Å². The first-order chi connectivity index (χ1) is 12.1. The van der Waals surface area contributed by atoms with Crippen molar-refractivity contribution in [3.63, 3.8) is 0 Å². The zero-order valence-corrected chi connectivity index (χ0v) is 14.4. The number of benzene rings is 2. The quantitative estimate of drug-likeness (QED) is 0.925. The monoisotopic (exact) mass is 342 g/mol.